The van der Waals surface area contributed by atoms with Gasteiger partial charge >= 0.3 is 0 Å². The van der Waals surface area contributed by atoms with Gasteiger partial charge in [-0.2, -0.15) is 0 Å². The third kappa shape index (κ3) is 4.39. The van der Waals surface area contributed by atoms with E-state index in [4.69, 9.17) is 0 Å². The Bertz CT molecular complexity index is 3450. The predicted octanol–water partition coefficient (Wildman–Crippen LogP) is 16.0. The van der Waals surface area contributed by atoms with Gasteiger partial charge in [-0.3, -0.25) is 0 Å². The lowest BCUT2D eigenvalue weighted by Crippen LogP contribution is -2.45. The van der Waals surface area contributed by atoms with Crippen LogP contribution in [-0.4, -0.2) is 9.13 Å². The number of thiophene rings is 2. The summed E-state index contributed by atoms with van der Waals surface area (Å²) in [7, 11) is 0. The van der Waals surface area contributed by atoms with E-state index >= 15 is 0 Å². The average molecular weight is 887 g/mol. The van der Waals surface area contributed by atoms with Gasteiger partial charge in [-0.25, -0.2) is 0 Å². The second-order valence-electron chi connectivity index (χ2n) is 17.1. The highest BCUT2D eigenvalue weighted by Crippen LogP contribution is 2.70. The Balaban J connectivity index is 1.18. The SMILES string of the molecule is c1ccc2c(c1)Sc1ccccc1C21c2cc(-n3c4ccccc4c4ccccc43)sc2C2(c3ccccc3Sc3ccccc32)c2cc(-n3c4ccccc4c4ccccc43)sc21. The first kappa shape index (κ1) is 35.9. The second-order valence-corrected chi connectivity index (χ2v) is 21.3. The van der Waals surface area contributed by atoms with E-state index in [9.17, 15) is 0 Å². The first-order valence-electron chi connectivity index (χ1n) is 21.7. The van der Waals surface area contributed by atoms with E-state index in [1.54, 1.807) is 0 Å². The summed E-state index contributed by atoms with van der Waals surface area (Å²) in [5.74, 6) is 0. The van der Waals surface area contributed by atoms with Gasteiger partial charge in [0.05, 0.1) is 32.9 Å². The molecule has 0 unspecified atom stereocenters. The van der Waals surface area contributed by atoms with Crippen LogP contribution in [0.15, 0.2) is 226 Å². The van der Waals surface area contributed by atoms with Gasteiger partial charge in [0.25, 0.3) is 0 Å². The molecule has 8 aromatic carbocycles. The molecule has 0 fully saturated rings. The Hall–Kier alpha value is -6.54. The van der Waals surface area contributed by atoms with Crippen LogP contribution >= 0.6 is 46.2 Å². The van der Waals surface area contributed by atoms with Crippen molar-refractivity contribution in [2.75, 3.05) is 0 Å². The summed E-state index contributed by atoms with van der Waals surface area (Å²) in [4.78, 5) is 8.02. The lowest BCUT2D eigenvalue weighted by atomic mass is 9.55. The number of hydrogen-bond acceptors (Lipinski definition) is 4. The summed E-state index contributed by atoms with van der Waals surface area (Å²) in [5.41, 5.74) is 11.8. The zero-order valence-electron chi connectivity index (χ0n) is 34.2. The fourth-order valence-corrected chi connectivity index (χ4v) is 17.1. The van der Waals surface area contributed by atoms with E-state index in [0.29, 0.717) is 0 Å². The largest absolute Gasteiger partial charge is 0.301 e. The molecule has 4 aromatic heterocycles. The third-order valence-corrected chi connectivity index (χ3v) is 18.9. The van der Waals surface area contributed by atoms with Crippen LogP contribution in [0.5, 0.6) is 0 Å². The lowest BCUT2D eigenvalue weighted by molar-refractivity contribution is 0.609. The van der Waals surface area contributed by atoms with Crippen molar-refractivity contribution in [2.24, 2.45) is 0 Å². The van der Waals surface area contributed by atoms with Crippen LogP contribution in [0.4, 0.5) is 0 Å². The molecule has 0 N–H and O–H groups in total. The first-order chi connectivity index (χ1) is 31.7. The van der Waals surface area contributed by atoms with Gasteiger partial charge in [0.15, 0.2) is 0 Å². The number of nitrogens with zero attached hydrogens (tertiary/aromatic N) is 2. The molecule has 64 heavy (non-hydrogen) atoms. The summed E-state index contributed by atoms with van der Waals surface area (Å²) < 4.78 is 5.11. The third-order valence-electron chi connectivity index (χ3n) is 14.1. The van der Waals surface area contributed by atoms with E-state index < -0.39 is 10.8 Å². The zero-order chi connectivity index (χ0) is 41.7. The van der Waals surface area contributed by atoms with Gasteiger partial charge in [-0.15, -0.1) is 22.7 Å². The van der Waals surface area contributed by atoms with Crippen LogP contribution in [0.3, 0.4) is 0 Å². The molecule has 0 saturated carbocycles. The molecule has 6 heteroatoms. The number of rotatable bonds is 2. The molecule has 0 saturated heterocycles. The molecule has 300 valence electrons. The Morgan fingerprint density at radius 1 is 0.281 bits per heavy atom. The normalized spacial score (nSPS) is 15.0. The Kier molecular flexibility index (Phi) is 7.30. The van der Waals surface area contributed by atoms with E-state index in [0.717, 1.165) is 0 Å². The molecule has 0 radical (unpaired) electrons. The summed E-state index contributed by atoms with van der Waals surface area (Å²) in [6.45, 7) is 0. The number of aromatic nitrogens is 2. The highest BCUT2D eigenvalue weighted by molar-refractivity contribution is 7.99. The maximum Gasteiger partial charge on any atom is 0.101 e. The van der Waals surface area contributed by atoms with E-state index in [-0.39, 0.29) is 0 Å². The van der Waals surface area contributed by atoms with Crippen molar-refractivity contribution in [3.05, 3.63) is 249 Å². The Morgan fingerprint density at radius 2 is 0.547 bits per heavy atom. The van der Waals surface area contributed by atoms with Crippen LogP contribution in [0, 0.1) is 0 Å². The molecule has 0 bridgehead atoms. The molecule has 2 aliphatic heterocycles. The van der Waals surface area contributed by atoms with Gasteiger partial charge in [-0.1, -0.05) is 169 Å². The highest BCUT2D eigenvalue weighted by atomic mass is 32.2. The molecule has 12 aromatic rings. The van der Waals surface area contributed by atoms with Gasteiger partial charge in [-0.05, 0) is 94.0 Å². The second kappa shape index (κ2) is 13.0. The lowest BCUT2D eigenvalue weighted by Gasteiger charge is -2.51. The number of hydrogen-bond donors (Lipinski definition) is 0. The topological polar surface area (TPSA) is 9.86 Å². The van der Waals surface area contributed by atoms with Crippen LogP contribution in [0.2, 0.25) is 0 Å². The number of fused-ring (bicyclic) bond motifs is 20. The number of benzene rings is 8. The van der Waals surface area contributed by atoms with Gasteiger partial charge in [0.1, 0.15) is 10.0 Å². The molecule has 3 aliphatic rings. The molecular weight excluding hydrogens is 853 g/mol. The predicted molar refractivity (Wildman–Crippen MR) is 269 cm³/mol. The smallest absolute Gasteiger partial charge is 0.101 e. The average Bonchev–Trinajstić information content (AvgIpc) is 4.14. The van der Waals surface area contributed by atoms with E-state index in [1.165, 1.54) is 116 Å². The summed E-state index contributed by atoms with van der Waals surface area (Å²) >= 11 is 7.81. The van der Waals surface area contributed by atoms with Crippen LogP contribution in [-0.2, 0) is 10.8 Å². The molecule has 15 rings (SSSR count). The fourth-order valence-electron chi connectivity index (χ4n) is 11.7. The zero-order valence-corrected chi connectivity index (χ0v) is 37.4. The van der Waals surface area contributed by atoms with Gasteiger partial charge < -0.3 is 9.13 Å². The number of para-hydroxylation sites is 4. The van der Waals surface area contributed by atoms with Crippen molar-refractivity contribution in [1.82, 2.24) is 9.13 Å². The minimum Gasteiger partial charge on any atom is -0.301 e. The molecule has 2 nitrogen and oxygen atoms in total. The standard InChI is InChI=1S/C58H34N2S4/c1-9-25-45-35(17-1)36-18-2-10-26-46(36)59(45)53-33-43-55(63-53)58(41-23-7-15-31-51(41)62-52-32-16-8-24-42(52)58)44-34-54(60-47-27-11-3-19-37(47)38-20-4-12-28-48(38)60)64-56(44)57(43)39-21-5-13-29-49(39)61-50-30-14-6-22-40(50)57/h1-34H. The van der Waals surface area contributed by atoms with Crippen molar-refractivity contribution in [3.63, 3.8) is 0 Å². The molecule has 1 aliphatic carbocycles. The van der Waals surface area contributed by atoms with Crippen molar-refractivity contribution in [2.45, 2.75) is 30.4 Å². The molecule has 2 spiro atoms. The van der Waals surface area contributed by atoms with Gasteiger partial charge in [0.2, 0.25) is 0 Å². The van der Waals surface area contributed by atoms with Crippen molar-refractivity contribution in [1.29, 1.82) is 0 Å². The Labute approximate surface area is 386 Å². The van der Waals surface area contributed by atoms with Crippen molar-refractivity contribution < 1.29 is 0 Å². The molecule has 0 atom stereocenters. The Morgan fingerprint density at radius 3 is 0.859 bits per heavy atom. The van der Waals surface area contributed by atoms with E-state index in [2.05, 4.69) is 215 Å². The summed E-state index contributed by atoms with van der Waals surface area (Å²) in [6.07, 6.45) is 0. The van der Waals surface area contributed by atoms with E-state index in [1.807, 2.05) is 46.2 Å². The minimum atomic E-state index is -0.613. The van der Waals surface area contributed by atoms with Crippen molar-refractivity contribution >= 4 is 89.8 Å². The molecular formula is C58H34N2S4. The first-order valence-corrected chi connectivity index (χ1v) is 25.0. The maximum atomic E-state index is 2.61. The summed E-state index contributed by atoms with van der Waals surface area (Å²) in [5, 5.41) is 7.58. The maximum absolute atomic E-state index is 2.61. The van der Waals surface area contributed by atoms with Crippen LogP contribution < -0.4 is 0 Å². The molecule has 0 amide bonds. The highest BCUT2D eigenvalue weighted by Gasteiger charge is 2.60. The quantitative estimate of drug-likeness (QED) is 0.171. The van der Waals surface area contributed by atoms with Gasteiger partial charge in [0, 0.05) is 50.9 Å². The molecule has 6 heterocycles. The fraction of sp³-hybridized carbons (Fsp3) is 0.0345. The van der Waals surface area contributed by atoms with Crippen LogP contribution in [0.25, 0.3) is 53.6 Å². The van der Waals surface area contributed by atoms with Crippen LogP contribution in [0.1, 0.15) is 43.1 Å². The van der Waals surface area contributed by atoms with Crippen molar-refractivity contribution in [3.8, 4) is 10.0 Å². The summed E-state index contributed by atoms with van der Waals surface area (Å²) in [6, 6.07) is 78.1. The minimum absolute atomic E-state index is 0.613. The monoisotopic (exact) mass is 886 g/mol.